The predicted octanol–water partition coefficient (Wildman–Crippen LogP) is 4.77. The lowest BCUT2D eigenvalue weighted by molar-refractivity contribution is 0.182. The van der Waals surface area contributed by atoms with Gasteiger partial charge >= 0.3 is 6.01 Å². The smallest absolute Gasteiger partial charge is 0.318 e. The van der Waals surface area contributed by atoms with Crippen molar-refractivity contribution in [1.29, 1.82) is 0 Å². The lowest BCUT2D eigenvalue weighted by Crippen LogP contribution is -2.33. The highest BCUT2D eigenvalue weighted by Crippen LogP contribution is 2.46. The first-order valence-electron chi connectivity index (χ1n) is 14.6. The van der Waals surface area contributed by atoms with E-state index in [0.29, 0.717) is 37.3 Å². The van der Waals surface area contributed by atoms with E-state index < -0.39 is 0 Å². The van der Waals surface area contributed by atoms with Gasteiger partial charge in [0.15, 0.2) is 0 Å². The molecule has 2 aliphatic rings. The zero-order chi connectivity index (χ0) is 28.6. The molecular weight excluding hydrogens is 512 g/mol. The summed E-state index contributed by atoms with van der Waals surface area (Å²) >= 11 is 0. The van der Waals surface area contributed by atoms with Crippen molar-refractivity contribution in [3.63, 3.8) is 0 Å². The Bertz CT molecular complexity index is 1560. The summed E-state index contributed by atoms with van der Waals surface area (Å²) in [7, 11) is 4.23. The maximum absolute atomic E-state index is 6.32. The maximum atomic E-state index is 6.32. The molecule has 1 aliphatic carbocycles. The van der Waals surface area contributed by atoms with Crippen molar-refractivity contribution in [3.05, 3.63) is 70.8 Å². The van der Waals surface area contributed by atoms with E-state index in [4.69, 9.17) is 20.4 Å². The van der Waals surface area contributed by atoms with Crippen molar-refractivity contribution in [2.75, 3.05) is 49.7 Å². The molecule has 2 aromatic carbocycles. The zero-order valence-corrected chi connectivity index (χ0v) is 24.6. The van der Waals surface area contributed by atoms with Crippen LogP contribution in [0.4, 0.5) is 17.3 Å². The summed E-state index contributed by atoms with van der Waals surface area (Å²) < 4.78 is 6.32. The lowest BCUT2D eigenvalue weighted by Gasteiger charge is -2.32. The second kappa shape index (κ2) is 11.1. The number of ether oxygens (including phenoxy) is 1. The van der Waals surface area contributed by atoms with Crippen LogP contribution in [-0.4, -0.2) is 58.6 Å². The Morgan fingerprint density at radius 1 is 1.07 bits per heavy atom. The van der Waals surface area contributed by atoms with E-state index in [0.717, 1.165) is 48.6 Å². The molecule has 6 rings (SSSR count). The summed E-state index contributed by atoms with van der Waals surface area (Å²) in [6.45, 7) is 7.74. The van der Waals surface area contributed by atoms with Crippen LogP contribution in [0.5, 0.6) is 6.01 Å². The fraction of sp³-hybridized carbons (Fsp3) is 0.438. The van der Waals surface area contributed by atoms with E-state index in [1.54, 1.807) is 6.20 Å². The molecule has 1 saturated carbocycles. The molecule has 4 aromatic rings. The SMILES string of the molecule is CCc1cccc2cccc(N3CCc4c(nc(OCC5(CN(C)C)CC5)nc4NCc4cnc(C)nc4N)C3)c12. The van der Waals surface area contributed by atoms with Crippen molar-refractivity contribution >= 4 is 28.1 Å². The number of benzene rings is 2. The van der Waals surface area contributed by atoms with Gasteiger partial charge in [-0.15, -0.1) is 0 Å². The van der Waals surface area contributed by atoms with Crippen molar-refractivity contribution in [3.8, 4) is 6.01 Å². The number of nitrogens with zero attached hydrogens (tertiary/aromatic N) is 6. The first-order valence-corrected chi connectivity index (χ1v) is 14.6. The molecule has 2 aromatic heterocycles. The molecule has 0 bridgehead atoms. The highest BCUT2D eigenvalue weighted by molar-refractivity contribution is 5.97. The second-order valence-corrected chi connectivity index (χ2v) is 11.8. The third kappa shape index (κ3) is 5.77. The number of nitrogens with one attached hydrogen (secondary N) is 1. The van der Waals surface area contributed by atoms with Crippen LogP contribution in [0.25, 0.3) is 10.8 Å². The summed E-state index contributed by atoms with van der Waals surface area (Å²) in [5.41, 5.74) is 12.0. The third-order valence-corrected chi connectivity index (χ3v) is 8.32. The van der Waals surface area contributed by atoms with E-state index in [9.17, 15) is 0 Å². The van der Waals surface area contributed by atoms with Gasteiger partial charge in [-0.3, -0.25) is 0 Å². The zero-order valence-electron chi connectivity index (χ0n) is 24.6. The van der Waals surface area contributed by atoms with Gasteiger partial charge in [0.2, 0.25) is 0 Å². The molecule has 9 nitrogen and oxygen atoms in total. The highest BCUT2D eigenvalue weighted by atomic mass is 16.5. The van der Waals surface area contributed by atoms with Crippen LogP contribution in [0.15, 0.2) is 42.6 Å². The van der Waals surface area contributed by atoms with Gasteiger partial charge in [-0.1, -0.05) is 37.3 Å². The third-order valence-electron chi connectivity index (χ3n) is 8.32. The van der Waals surface area contributed by atoms with Gasteiger partial charge in [0.1, 0.15) is 17.5 Å². The molecular formula is C32H40N8O. The number of nitrogen functional groups attached to an aromatic ring is 1. The molecule has 3 heterocycles. The van der Waals surface area contributed by atoms with Crippen molar-refractivity contribution in [2.45, 2.75) is 52.6 Å². The molecule has 1 fully saturated rings. The average molecular weight is 553 g/mol. The van der Waals surface area contributed by atoms with E-state index in [1.807, 2.05) is 6.92 Å². The van der Waals surface area contributed by atoms with Gasteiger partial charge in [-0.25, -0.2) is 9.97 Å². The summed E-state index contributed by atoms with van der Waals surface area (Å²) in [5, 5.41) is 6.13. The minimum absolute atomic E-state index is 0.190. The number of rotatable bonds is 10. The highest BCUT2D eigenvalue weighted by Gasteiger charge is 2.44. The van der Waals surface area contributed by atoms with Gasteiger partial charge in [-0.2, -0.15) is 9.97 Å². The Hall–Kier alpha value is -3.98. The van der Waals surface area contributed by atoms with E-state index >= 15 is 0 Å². The molecule has 0 radical (unpaired) electrons. The molecule has 41 heavy (non-hydrogen) atoms. The van der Waals surface area contributed by atoms with Gasteiger partial charge in [0, 0.05) is 53.4 Å². The molecule has 3 N–H and O–H groups in total. The van der Waals surface area contributed by atoms with Crippen LogP contribution in [0.2, 0.25) is 0 Å². The van der Waals surface area contributed by atoms with Gasteiger partial charge in [0.25, 0.3) is 0 Å². The van der Waals surface area contributed by atoms with Crippen LogP contribution in [0.3, 0.4) is 0 Å². The molecule has 0 unspecified atom stereocenters. The van der Waals surface area contributed by atoms with Crippen molar-refractivity contribution in [1.82, 2.24) is 24.8 Å². The minimum atomic E-state index is 0.190. The predicted molar refractivity (Wildman–Crippen MR) is 164 cm³/mol. The molecule has 0 spiro atoms. The number of anilines is 3. The second-order valence-electron chi connectivity index (χ2n) is 11.8. The molecule has 214 valence electrons. The fourth-order valence-corrected chi connectivity index (χ4v) is 6.02. The first-order chi connectivity index (χ1) is 19.8. The van der Waals surface area contributed by atoms with E-state index in [2.05, 4.69) is 82.5 Å². The number of nitrogens with two attached hydrogens (primary N) is 1. The fourth-order valence-electron chi connectivity index (χ4n) is 6.02. The lowest BCUT2D eigenvalue weighted by atomic mass is 9.98. The summed E-state index contributed by atoms with van der Waals surface area (Å²) in [5.74, 6) is 1.94. The van der Waals surface area contributed by atoms with Gasteiger partial charge < -0.3 is 25.6 Å². The Balaban J connectivity index is 1.31. The Morgan fingerprint density at radius 2 is 1.88 bits per heavy atom. The number of fused-ring (bicyclic) bond motifs is 2. The molecule has 0 saturated heterocycles. The van der Waals surface area contributed by atoms with E-state index in [1.165, 1.54) is 34.9 Å². The standard InChI is InChI=1S/C32H40N8O/c1-5-22-8-6-9-23-10-7-11-27(28(22)23)40-15-12-25-26(18-40)37-31(41-20-32(13-14-32)19-39(3)4)38-30(25)35-17-24-16-34-21(2)36-29(24)33/h6-11,16H,5,12-15,17-20H2,1-4H3,(H2,33,34,36)(H,35,37,38). The number of hydrogen-bond donors (Lipinski definition) is 2. The number of aryl methyl sites for hydroxylation is 2. The monoisotopic (exact) mass is 552 g/mol. The van der Waals surface area contributed by atoms with Crippen LogP contribution < -0.4 is 20.7 Å². The number of hydrogen-bond acceptors (Lipinski definition) is 9. The summed E-state index contributed by atoms with van der Waals surface area (Å²) in [6.07, 6.45) is 5.94. The number of aromatic nitrogens is 4. The normalized spacial score (nSPS) is 15.7. The van der Waals surface area contributed by atoms with Gasteiger partial charge in [0.05, 0.1) is 18.8 Å². The largest absolute Gasteiger partial charge is 0.463 e. The summed E-state index contributed by atoms with van der Waals surface area (Å²) in [6, 6.07) is 13.6. The quantitative estimate of drug-likeness (QED) is 0.288. The maximum Gasteiger partial charge on any atom is 0.318 e. The topological polar surface area (TPSA) is 105 Å². The molecule has 0 atom stereocenters. The van der Waals surface area contributed by atoms with E-state index in [-0.39, 0.29) is 5.41 Å². The van der Waals surface area contributed by atoms with Crippen LogP contribution in [0, 0.1) is 12.3 Å². The van der Waals surface area contributed by atoms with Crippen LogP contribution >= 0.6 is 0 Å². The van der Waals surface area contributed by atoms with Gasteiger partial charge in [-0.05, 0) is 63.7 Å². The molecule has 0 amide bonds. The first kappa shape index (κ1) is 27.2. The Kier molecular flexibility index (Phi) is 7.38. The average Bonchev–Trinajstić information content (AvgIpc) is 3.73. The summed E-state index contributed by atoms with van der Waals surface area (Å²) in [4.78, 5) is 23.2. The Labute approximate surface area is 242 Å². The van der Waals surface area contributed by atoms with Crippen molar-refractivity contribution in [2.24, 2.45) is 5.41 Å². The van der Waals surface area contributed by atoms with Crippen molar-refractivity contribution < 1.29 is 4.74 Å². The van der Waals surface area contributed by atoms with Crippen LogP contribution in [0.1, 0.15) is 48.0 Å². The Morgan fingerprint density at radius 3 is 2.61 bits per heavy atom. The molecule has 1 aliphatic heterocycles. The van der Waals surface area contributed by atoms with Crippen LogP contribution in [-0.2, 0) is 25.9 Å². The minimum Gasteiger partial charge on any atom is -0.463 e. The molecule has 9 heteroatoms.